The molecule has 0 saturated carbocycles. The summed E-state index contributed by atoms with van der Waals surface area (Å²) in [6.07, 6.45) is 1.75. The third-order valence-electron chi connectivity index (χ3n) is 2.89. The number of carbonyl (C=O) groups excluding carboxylic acids is 1. The lowest BCUT2D eigenvalue weighted by molar-refractivity contribution is 0.0995. The third-order valence-corrected chi connectivity index (χ3v) is 2.89. The predicted molar refractivity (Wildman–Crippen MR) is 74.2 cm³/mol. The van der Waals surface area contributed by atoms with Crippen LogP contribution in [0.2, 0.25) is 0 Å². The van der Waals surface area contributed by atoms with Crippen LogP contribution in [-0.2, 0) is 6.54 Å². The van der Waals surface area contributed by atoms with Gasteiger partial charge in [-0.05, 0) is 31.2 Å². The zero-order valence-corrected chi connectivity index (χ0v) is 11.2. The summed E-state index contributed by atoms with van der Waals surface area (Å²) in [5.41, 5.74) is 8.78. The van der Waals surface area contributed by atoms with E-state index in [0.717, 1.165) is 24.3 Å². The van der Waals surface area contributed by atoms with E-state index >= 15 is 0 Å². The van der Waals surface area contributed by atoms with Gasteiger partial charge in [0.25, 0.3) is 5.91 Å². The molecule has 3 N–H and O–H groups in total. The molecule has 2 rings (SSSR count). The number of aromatic nitrogens is 2. The molecule has 0 atom stereocenters. The molecule has 0 radical (unpaired) electrons. The average molecular weight is 258 g/mol. The molecule has 0 bridgehead atoms. The molecular formula is C14H18N4O. The summed E-state index contributed by atoms with van der Waals surface area (Å²) >= 11 is 0. The van der Waals surface area contributed by atoms with E-state index in [-0.39, 0.29) is 5.69 Å². The van der Waals surface area contributed by atoms with Crippen LogP contribution in [0, 0.1) is 6.92 Å². The van der Waals surface area contributed by atoms with Gasteiger partial charge in [-0.15, -0.1) is 0 Å². The highest BCUT2D eigenvalue weighted by Gasteiger charge is 2.09. The molecule has 1 aromatic heterocycles. The highest BCUT2D eigenvalue weighted by Crippen LogP contribution is 2.16. The molecular weight excluding hydrogens is 240 g/mol. The molecule has 0 unspecified atom stereocenters. The number of carbonyl (C=O) groups is 1. The number of aryl methyl sites for hydroxylation is 1. The van der Waals surface area contributed by atoms with E-state index in [4.69, 9.17) is 5.73 Å². The van der Waals surface area contributed by atoms with Crippen molar-refractivity contribution in [2.45, 2.75) is 20.4 Å². The van der Waals surface area contributed by atoms with Crippen LogP contribution in [0.25, 0.3) is 5.69 Å². The molecule has 0 aliphatic carbocycles. The van der Waals surface area contributed by atoms with Gasteiger partial charge in [-0.3, -0.25) is 4.79 Å². The first kappa shape index (κ1) is 13.3. The minimum atomic E-state index is -0.515. The third kappa shape index (κ3) is 3.00. The van der Waals surface area contributed by atoms with Crippen molar-refractivity contribution in [1.82, 2.24) is 15.1 Å². The van der Waals surface area contributed by atoms with Crippen LogP contribution in [0.15, 0.2) is 30.5 Å². The van der Waals surface area contributed by atoms with Crippen molar-refractivity contribution >= 4 is 5.91 Å². The Morgan fingerprint density at radius 3 is 2.84 bits per heavy atom. The van der Waals surface area contributed by atoms with Crippen molar-refractivity contribution in [3.63, 3.8) is 0 Å². The fourth-order valence-corrected chi connectivity index (χ4v) is 1.93. The molecule has 0 fully saturated rings. The second-order valence-corrected chi connectivity index (χ2v) is 4.42. The van der Waals surface area contributed by atoms with Crippen LogP contribution in [0.4, 0.5) is 0 Å². The van der Waals surface area contributed by atoms with Crippen LogP contribution in [0.1, 0.15) is 28.5 Å². The first-order valence-corrected chi connectivity index (χ1v) is 6.28. The van der Waals surface area contributed by atoms with E-state index in [0.29, 0.717) is 0 Å². The fourth-order valence-electron chi connectivity index (χ4n) is 1.93. The van der Waals surface area contributed by atoms with E-state index in [1.165, 1.54) is 5.56 Å². The number of primary amides is 1. The Kier molecular flexibility index (Phi) is 3.97. The summed E-state index contributed by atoms with van der Waals surface area (Å²) in [5, 5.41) is 7.49. The lowest BCUT2D eigenvalue weighted by Gasteiger charge is -2.11. The van der Waals surface area contributed by atoms with E-state index in [9.17, 15) is 4.79 Å². The van der Waals surface area contributed by atoms with Crippen LogP contribution in [0.5, 0.6) is 0 Å². The first-order valence-electron chi connectivity index (χ1n) is 6.28. The molecule has 1 amide bonds. The van der Waals surface area contributed by atoms with Crippen LogP contribution in [0.3, 0.4) is 0 Å². The van der Waals surface area contributed by atoms with E-state index in [1.54, 1.807) is 16.9 Å². The van der Waals surface area contributed by atoms with Crippen molar-refractivity contribution in [1.29, 1.82) is 0 Å². The smallest absolute Gasteiger partial charge is 0.269 e. The number of amides is 1. The van der Waals surface area contributed by atoms with E-state index in [1.807, 2.05) is 12.1 Å². The van der Waals surface area contributed by atoms with E-state index in [2.05, 4.69) is 30.3 Å². The zero-order valence-electron chi connectivity index (χ0n) is 11.2. The summed E-state index contributed by atoms with van der Waals surface area (Å²) in [7, 11) is 0. The minimum absolute atomic E-state index is 0.273. The Morgan fingerprint density at radius 1 is 1.42 bits per heavy atom. The molecule has 19 heavy (non-hydrogen) atoms. The highest BCUT2D eigenvalue weighted by atomic mass is 16.1. The summed E-state index contributed by atoms with van der Waals surface area (Å²) in [5.74, 6) is -0.515. The standard InChI is InChI=1S/C14H18N4O/c1-3-16-9-11-8-10(2)4-5-13(11)18-7-6-12(17-18)14(15)19/h4-8,16H,3,9H2,1-2H3,(H2,15,19). The fraction of sp³-hybridized carbons (Fsp3) is 0.286. The van der Waals surface area contributed by atoms with Crippen LogP contribution in [-0.4, -0.2) is 22.2 Å². The van der Waals surface area contributed by atoms with Gasteiger partial charge < -0.3 is 11.1 Å². The minimum Gasteiger partial charge on any atom is -0.364 e. The van der Waals surface area contributed by atoms with Gasteiger partial charge in [-0.1, -0.05) is 24.6 Å². The first-order chi connectivity index (χ1) is 9.11. The number of nitrogens with zero attached hydrogens (tertiary/aromatic N) is 2. The predicted octanol–water partition coefficient (Wildman–Crippen LogP) is 1.39. The topological polar surface area (TPSA) is 72.9 Å². The molecule has 1 heterocycles. The number of benzene rings is 1. The van der Waals surface area contributed by atoms with Crippen LogP contribution < -0.4 is 11.1 Å². The molecule has 0 spiro atoms. The molecule has 0 aliphatic rings. The highest BCUT2D eigenvalue weighted by molar-refractivity contribution is 5.90. The van der Waals surface area contributed by atoms with Crippen molar-refractivity contribution in [3.05, 3.63) is 47.3 Å². The van der Waals surface area contributed by atoms with Gasteiger partial charge in [0.1, 0.15) is 5.69 Å². The molecule has 5 heteroatoms. The van der Waals surface area contributed by atoms with Crippen molar-refractivity contribution in [2.75, 3.05) is 6.54 Å². The van der Waals surface area contributed by atoms with Gasteiger partial charge in [-0.2, -0.15) is 5.10 Å². The number of nitrogens with two attached hydrogens (primary N) is 1. The maximum absolute atomic E-state index is 11.1. The maximum Gasteiger partial charge on any atom is 0.269 e. The number of rotatable bonds is 5. The number of hydrogen-bond donors (Lipinski definition) is 2. The normalized spacial score (nSPS) is 10.6. The largest absolute Gasteiger partial charge is 0.364 e. The van der Waals surface area contributed by atoms with Gasteiger partial charge in [0, 0.05) is 12.7 Å². The molecule has 1 aromatic carbocycles. The van der Waals surface area contributed by atoms with Crippen LogP contribution >= 0.6 is 0 Å². The Labute approximate surface area is 112 Å². The zero-order chi connectivity index (χ0) is 13.8. The monoisotopic (exact) mass is 258 g/mol. The van der Waals surface area contributed by atoms with Gasteiger partial charge in [-0.25, -0.2) is 4.68 Å². The Bertz CT molecular complexity index is 589. The maximum atomic E-state index is 11.1. The van der Waals surface area contributed by atoms with Crippen molar-refractivity contribution < 1.29 is 4.79 Å². The Balaban J connectivity index is 2.39. The van der Waals surface area contributed by atoms with E-state index < -0.39 is 5.91 Å². The Morgan fingerprint density at radius 2 is 2.21 bits per heavy atom. The van der Waals surface area contributed by atoms with Gasteiger partial charge in [0.05, 0.1) is 5.69 Å². The quantitative estimate of drug-likeness (QED) is 0.851. The summed E-state index contributed by atoms with van der Waals surface area (Å²) in [6, 6.07) is 7.76. The van der Waals surface area contributed by atoms with Crippen molar-refractivity contribution in [3.8, 4) is 5.69 Å². The molecule has 0 aliphatic heterocycles. The second-order valence-electron chi connectivity index (χ2n) is 4.42. The lowest BCUT2D eigenvalue weighted by atomic mass is 10.1. The molecule has 5 nitrogen and oxygen atoms in total. The van der Waals surface area contributed by atoms with Crippen molar-refractivity contribution in [2.24, 2.45) is 5.73 Å². The number of nitrogens with one attached hydrogen (secondary N) is 1. The Hall–Kier alpha value is -2.14. The lowest BCUT2D eigenvalue weighted by Crippen LogP contribution is -2.15. The van der Waals surface area contributed by atoms with Gasteiger partial charge >= 0.3 is 0 Å². The van der Waals surface area contributed by atoms with Gasteiger partial charge in [0.2, 0.25) is 0 Å². The second kappa shape index (κ2) is 5.67. The van der Waals surface area contributed by atoms with Gasteiger partial charge in [0.15, 0.2) is 0 Å². The summed E-state index contributed by atoms with van der Waals surface area (Å²) in [6.45, 7) is 5.78. The average Bonchev–Trinajstić information content (AvgIpc) is 2.86. The summed E-state index contributed by atoms with van der Waals surface area (Å²) < 4.78 is 1.69. The summed E-state index contributed by atoms with van der Waals surface area (Å²) in [4.78, 5) is 11.1. The SMILES string of the molecule is CCNCc1cc(C)ccc1-n1ccc(C(N)=O)n1. The molecule has 100 valence electrons. The molecule has 2 aromatic rings. The number of hydrogen-bond acceptors (Lipinski definition) is 3. The molecule has 0 saturated heterocycles.